The van der Waals surface area contributed by atoms with Crippen LogP contribution in [0.5, 0.6) is 5.75 Å². The number of para-hydroxylation sites is 1. The van der Waals surface area contributed by atoms with E-state index in [2.05, 4.69) is 16.3 Å². The second kappa shape index (κ2) is 8.60. The van der Waals surface area contributed by atoms with Crippen molar-refractivity contribution in [2.45, 2.75) is 52.4 Å². The number of ether oxygens (including phenoxy) is 1. The van der Waals surface area contributed by atoms with E-state index < -0.39 is 23.2 Å². The number of amides is 1. The van der Waals surface area contributed by atoms with Gasteiger partial charge in [0, 0.05) is 29.8 Å². The predicted octanol–water partition coefficient (Wildman–Crippen LogP) is 3.80. The van der Waals surface area contributed by atoms with Crippen molar-refractivity contribution < 1.29 is 14.6 Å². The van der Waals surface area contributed by atoms with Gasteiger partial charge >= 0.3 is 0 Å². The van der Waals surface area contributed by atoms with Gasteiger partial charge in [-0.05, 0) is 44.2 Å². The van der Waals surface area contributed by atoms with Gasteiger partial charge in [0.25, 0.3) is 0 Å². The van der Waals surface area contributed by atoms with Crippen molar-refractivity contribution in [3.63, 3.8) is 0 Å². The molecule has 164 valence electrons. The number of rotatable bonds is 5. The number of hydrogen-bond donors (Lipinski definition) is 2. The topological polar surface area (TPSA) is 85.6 Å². The molecule has 0 fully saturated rings. The molecule has 1 aliphatic heterocycles. The SMILES string of the molecule is CC(C)(C)C(=O)NCCN(c1ccccc1)[C@H]1c2cc(C#N)ccc2OC(C)(C)[C@@H]1O. The highest BCUT2D eigenvalue weighted by Gasteiger charge is 2.45. The lowest BCUT2D eigenvalue weighted by Crippen LogP contribution is -2.54. The van der Waals surface area contributed by atoms with Gasteiger partial charge in [0.1, 0.15) is 17.5 Å². The molecule has 0 saturated carbocycles. The Morgan fingerprint density at radius 3 is 2.52 bits per heavy atom. The predicted molar refractivity (Wildman–Crippen MR) is 121 cm³/mol. The zero-order valence-corrected chi connectivity index (χ0v) is 18.8. The molecule has 0 saturated heterocycles. The van der Waals surface area contributed by atoms with Gasteiger partial charge in [-0.1, -0.05) is 39.0 Å². The summed E-state index contributed by atoms with van der Waals surface area (Å²) < 4.78 is 6.08. The average Bonchev–Trinajstić information content (AvgIpc) is 2.72. The number of anilines is 1. The first kappa shape index (κ1) is 22.6. The van der Waals surface area contributed by atoms with Crippen LogP contribution < -0.4 is 15.0 Å². The minimum atomic E-state index is -0.854. The van der Waals surface area contributed by atoms with E-state index in [1.165, 1.54) is 0 Å². The lowest BCUT2D eigenvalue weighted by Gasteiger charge is -2.47. The van der Waals surface area contributed by atoms with Gasteiger partial charge in [-0.3, -0.25) is 4.79 Å². The Hall–Kier alpha value is -3.04. The van der Waals surface area contributed by atoms with Crippen LogP contribution in [0.2, 0.25) is 0 Å². The van der Waals surface area contributed by atoms with E-state index in [1.54, 1.807) is 18.2 Å². The Kier molecular flexibility index (Phi) is 6.28. The molecular weight excluding hydrogens is 390 g/mol. The summed E-state index contributed by atoms with van der Waals surface area (Å²) in [6.07, 6.45) is -0.854. The first-order valence-corrected chi connectivity index (χ1v) is 10.6. The van der Waals surface area contributed by atoms with Gasteiger partial charge in [0.15, 0.2) is 0 Å². The molecule has 3 rings (SSSR count). The van der Waals surface area contributed by atoms with Gasteiger partial charge in [0.05, 0.1) is 17.7 Å². The standard InChI is InChI=1S/C25H31N3O3/c1-24(2,3)23(30)27-13-14-28(18-9-7-6-8-10-18)21-19-15-17(16-26)11-12-20(19)31-25(4,5)22(21)29/h6-12,15,21-22,29H,13-14H2,1-5H3,(H,27,30)/t21-,22+/m0/s1. The molecule has 2 aromatic rings. The fourth-order valence-corrected chi connectivity index (χ4v) is 3.78. The Bertz CT molecular complexity index is 974. The first-order valence-electron chi connectivity index (χ1n) is 10.6. The molecule has 0 aromatic heterocycles. The van der Waals surface area contributed by atoms with Crippen molar-refractivity contribution >= 4 is 11.6 Å². The van der Waals surface area contributed by atoms with Crippen LogP contribution in [0.4, 0.5) is 5.69 Å². The zero-order chi connectivity index (χ0) is 22.8. The third kappa shape index (κ3) is 4.83. The van der Waals surface area contributed by atoms with Crippen LogP contribution in [-0.2, 0) is 4.79 Å². The molecule has 0 spiro atoms. The van der Waals surface area contributed by atoms with E-state index in [0.717, 1.165) is 11.3 Å². The van der Waals surface area contributed by atoms with Crippen molar-refractivity contribution in [1.82, 2.24) is 5.32 Å². The highest BCUT2D eigenvalue weighted by molar-refractivity contribution is 5.81. The number of nitrogens with one attached hydrogen (secondary N) is 1. The third-order valence-corrected chi connectivity index (χ3v) is 5.58. The highest BCUT2D eigenvalue weighted by Crippen LogP contribution is 2.44. The third-order valence-electron chi connectivity index (χ3n) is 5.58. The fraction of sp³-hybridized carbons (Fsp3) is 0.440. The molecule has 6 nitrogen and oxygen atoms in total. The van der Waals surface area contributed by atoms with Crippen LogP contribution in [-0.4, -0.2) is 35.8 Å². The zero-order valence-electron chi connectivity index (χ0n) is 18.8. The molecule has 6 heteroatoms. The number of benzene rings is 2. The van der Waals surface area contributed by atoms with Crippen LogP contribution in [0.1, 0.15) is 51.8 Å². The molecule has 1 heterocycles. The fourth-order valence-electron chi connectivity index (χ4n) is 3.78. The monoisotopic (exact) mass is 421 g/mol. The number of aliphatic hydroxyl groups is 1. The van der Waals surface area contributed by atoms with Gasteiger partial charge in [-0.2, -0.15) is 5.26 Å². The highest BCUT2D eigenvalue weighted by atomic mass is 16.5. The van der Waals surface area contributed by atoms with E-state index in [9.17, 15) is 15.2 Å². The number of carbonyl (C=O) groups is 1. The lowest BCUT2D eigenvalue weighted by molar-refractivity contribution is -0.128. The van der Waals surface area contributed by atoms with Crippen LogP contribution in [0, 0.1) is 16.7 Å². The number of hydrogen-bond acceptors (Lipinski definition) is 5. The summed E-state index contributed by atoms with van der Waals surface area (Å²) in [7, 11) is 0. The van der Waals surface area contributed by atoms with Crippen molar-refractivity contribution in [3.8, 4) is 11.8 Å². The Morgan fingerprint density at radius 1 is 1.23 bits per heavy atom. The van der Waals surface area contributed by atoms with Gasteiger partial charge in [-0.25, -0.2) is 0 Å². The van der Waals surface area contributed by atoms with Crippen molar-refractivity contribution in [1.29, 1.82) is 5.26 Å². The quantitative estimate of drug-likeness (QED) is 0.767. The second-order valence-corrected chi connectivity index (χ2v) is 9.49. The van der Waals surface area contributed by atoms with E-state index in [4.69, 9.17) is 4.74 Å². The average molecular weight is 422 g/mol. The maximum Gasteiger partial charge on any atom is 0.225 e. The molecule has 1 amide bonds. The Labute approximate surface area is 184 Å². The van der Waals surface area contributed by atoms with Crippen molar-refractivity contribution in [2.24, 2.45) is 5.41 Å². The van der Waals surface area contributed by atoms with Crippen LogP contribution in [0.25, 0.3) is 0 Å². The largest absolute Gasteiger partial charge is 0.485 e. The minimum absolute atomic E-state index is 0.0273. The Morgan fingerprint density at radius 2 is 1.90 bits per heavy atom. The molecule has 0 aliphatic carbocycles. The number of fused-ring (bicyclic) bond motifs is 1. The second-order valence-electron chi connectivity index (χ2n) is 9.49. The maximum atomic E-state index is 12.4. The van der Waals surface area contributed by atoms with Gasteiger partial charge in [-0.15, -0.1) is 0 Å². The van der Waals surface area contributed by atoms with E-state index in [0.29, 0.717) is 24.4 Å². The normalized spacial score (nSPS) is 19.5. The molecule has 0 bridgehead atoms. The summed E-state index contributed by atoms with van der Waals surface area (Å²) in [6, 6.07) is 16.8. The molecular formula is C25H31N3O3. The van der Waals surface area contributed by atoms with Crippen molar-refractivity contribution in [2.75, 3.05) is 18.0 Å². The Balaban J connectivity index is 2.01. The lowest BCUT2D eigenvalue weighted by atomic mass is 9.84. The smallest absolute Gasteiger partial charge is 0.225 e. The summed E-state index contributed by atoms with van der Waals surface area (Å²) in [6.45, 7) is 10.3. The molecule has 31 heavy (non-hydrogen) atoms. The summed E-state index contributed by atoms with van der Waals surface area (Å²) in [5.41, 5.74) is 0.882. The number of aliphatic hydroxyl groups excluding tert-OH is 1. The maximum absolute atomic E-state index is 12.4. The number of nitriles is 1. The van der Waals surface area contributed by atoms with E-state index in [-0.39, 0.29) is 5.91 Å². The number of carbonyl (C=O) groups excluding carboxylic acids is 1. The molecule has 2 atom stereocenters. The van der Waals surface area contributed by atoms with Gasteiger partial charge in [0.2, 0.25) is 5.91 Å². The van der Waals surface area contributed by atoms with Crippen LogP contribution >= 0.6 is 0 Å². The molecule has 0 radical (unpaired) electrons. The minimum Gasteiger partial charge on any atom is -0.485 e. The summed E-state index contributed by atoms with van der Waals surface area (Å²) in [5, 5.41) is 23.8. The molecule has 2 aromatic carbocycles. The first-order chi connectivity index (χ1) is 14.5. The summed E-state index contributed by atoms with van der Waals surface area (Å²) >= 11 is 0. The van der Waals surface area contributed by atoms with Gasteiger partial charge < -0.3 is 20.1 Å². The molecule has 1 aliphatic rings. The summed E-state index contributed by atoms with van der Waals surface area (Å²) in [5.74, 6) is 0.625. The van der Waals surface area contributed by atoms with Crippen molar-refractivity contribution in [3.05, 3.63) is 59.7 Å². The van der Waals surface area contributed by atoms with Crippen LogP contribution in [0.3, 0.4) is 0 Å². The van der Waals surface area contributed by atoms with E-state index >= 15 is 0 Å². The van der Waals surface area contributed by atoms with E-state index in [1.807, 2.05) is 65.0 Å². The number of nitrogens with zero attached hydrogens (tertiary/aromatic N) is 2. The molecule has 2 N–H and O–H groups in total. The summed E-state index contributed by atoms with van der Waals surface area (Å²) in [4.78, 5) is 14.5. The van der Waals surface area contributed by atoms with Crippen LogP contribution in [0.15, 0.2) is 48.5 Å². The molecule has 0 unspecified atom stereocenters.